The summed E-state index contributed by atoms with van der Waals surface area (Å²) >= 11 is 1.69. The van der Waals surface area contributed by atoms with E-state index in [1.54, 1.807) is 24.7 Å². The van der Waals surface area contributed by atoms with Gasteiger partial charge < -0.3 is 15.2 Å². The number of guanidine groups is 1. The molecule has 2 N–H and O–H groups in total. The van der Waals surface area contributed by atoms with Gasteiger partial charge in [-0.1, -0.05) is 0 Å². The number of aryl methyl sites for hydroxylation is 1. The summed E-state index contributed by atoms with van der Waals surface area (Å²) in [5.74, 6) is 1.62. The number of nitrogens with one attached hydrogen (secondary N) is 2. The van der Waals surface area contributed by atoms with E-state index in [2.05, 4.69) is 42.6 Å². The number of hydrogen-bond acceptors (Lipinski definition) is 4. The number of aromatic nitrogens is 3. The number of rotatable bonds is 4. The molecule has 0 aliphatic heterocycles. The largest absolute Gasteiger partial charge is 0.352 e. The van der Waals surface area contributed by atoms with E-state index in [0.717, 1.165) is 18.3 Å². The van der Waals surface area contributed by atoms with Gasteiger partial charge in [0, 0.05) is 20.6 Å². The van der Waals surface area contributed by atoms with Gasteiger partial charge in [0.1, 0.15) is 6.33 Å². The minimum Gasteiger partial charge on any atom is -0.352 e. The summed E-state index contributed by atoms with van der Waals surface area (Å²) in [5, 5.41) is 18.4. The third kappa shape index (κ3) is 4.78. The molecule has 0 aromatic carbocycles. The highest BCUT2D eigenvalue weighted by atomic mass is 127. The lowest BCUT2D eigenvalue weighted by Gasteiger charge is -2.10. The first kappa shape index (κ1) is 15.9. The molecule has 6 nitrogen and oxygen atoms in total. The standard InChI is InChI=1S/C11H16N6S.HI/c1-12-11(13-5-9-3-4-18-7-9)14-6-10-16-15-8-17(10)2;/h3-4,7-8H,5-6H2,1-2H3,(H2,12,13,14);1H. The van der Waals surface area contributed by atoms with Crippen LogP contribution in [-0.2, 0) is 20.1 Å². The Morgan fingerprint density at radius 2 is 2.21 bits per heavy atom. The molecule has 2 rings (SSSR count). The van der Waals surface area contributed by atoms with Crippen molar-refractivity contribution in [1.82, 2.24) is 25.4 Å². The summed E-state index contributed by atoms with van der Waals surface area (Å²) in [4.78, 5) is 4.16. The van der Waals surface area contributed by atoms with E-state index in [1.165, 1.54) is 5.56 Å². The van der Waals surface area contributed by atoms with Gasteiger partial charge in [-0.25, -0.2) is 0 Å². The highest BCUT2D eigenvalue weighted by Gasteiger charge is 2.02. The quantitative estimate of drug-likeness (QED) is 0.469. The van der Waals surface area contributed by atoms with Gasteiger partial charge in [0.05, 0.1) is 6.54 Å². The van der Waals surface area contributed by atoms with Crippen LogP contribution in [0.4, 0.5) is 0 Å². The first-order valence-electron chi connectivity index (χ1n) is 5.58. The maximum Gasteiger partial charge on any atom is 0.191 e. The van der Waals surface area contributed by atoms with Gasteiger partial charge in [-0.05, 0) is 22.4 Å². The number of thiophene rings is 1. The number of aliphatic imine (C=N–C) groups is 1. The molecule has 0 radical (unpaired) electrons. The van der Waals surface area contributed by atoms with Crippen LogP contribution in [0.25, 0.3) is 0 Å². The fraction of sp³-hybridized carbons (Fsp3) is 0.364. The second kappa shape index (κ2) is 8.10. The first-order chi connectivity index (χ1) is 8.79. The number of nitrogens with zero attached hydrogens (tertiary/aromatic N) is 4. The lowest BCUT2D eigenvalue weighted by Crippen LogP contribution is -2.36. The molecule has 2 heterocycles. The highest BCUT2D eigenvalue weighted by Crippen LogP contribution is 2.04. The molecule has 0 unspecified atom stereocenters. The van der Waals surface area contributed by atoms with Crippen molar-refractivity contribution in [3.63, 3.8) is 0 Å². The molecule has 0 aliphatic rings. The Kier molecular flexibility index (Phi) is 6.78. The predicted octanol–water partition coefficient (Wildman–Crippen LogP) is 1.36. The van der Waals surface area contributed by atoms with Crippen LogP contribution in [-0.4, -0.2) is 27.8 Å². The van der Waals surface area contributed by atoms with Crippen LogP contribution in [0.5, 0.6) is 0 Å². The maximum absolute atomic E-state index is 4.16. The van der Waals surface area contributed by atoms with Crippen LogP contribution in [0.1, 0.15) is 11.4 Å². The molecule has 0 aliphatic carbocycles. The van der Waals surface area contributed by atoms with E-state index >= 15 is 0 Å². The highest BCUT2D eigenvalue weighted by molar-refractivity contribution is 14.0. The van der Waals surface area contributed by atoms with Crippen molar-refractivity contribution < 1.29 is 0 Å². The summed E-state index contributed by atoms with van der Waals surface area (Å²) < 4.78 is 1.87. The second-order valence-corrected chi connectivity index (χ2v) is 4.55. The lowest BCUT2D eigenvalue weighted by atomic mass is 10.3. The van der Waals surface area contributed by atoms with Crippen LogP contribution in [0.3, 0.4) is 0 Å². The lowest BCUT2D eigenvalue weighted by molar-refractivity contribution is 0.726. The zero-order valence-corrected chi connectivity index (χ0v) is 14.0. The van der Waals surface area contributed by atoms with Crippen LogP contribution >= 0.6 is 35.3 Å². The van der Waals surface area contributed by atoms with Gasteiger partial charge in [-0.2, -0.15) is 11.3 Å². The molecule has 19 heavy (non-hydrogen) atoms. The van der Waals surface area contributed by atoms with E-state index in [4.69, 9.17) is 0 Å². The average Bonchev–Trinajstić information content (AvgIpc) is 3.01. The molecule has 0 atom stereocenters. The Balaban J connectivity index is 0.00000180. The van der Waals surface area contributed by atoms with E-state index in [-0.39, 0.29) is 24.0 Å². The van der Waals surface area contributed by atoms with Gasteiger partial charge in [0.2, 0.25) is 0 Å². The number of hydrogen-bond donors (Lipinski definition) is 2. The van der Waals surface area contributed by atoms with Crippen molar-refractivity contribution in [2.24, 2.45) is 12.0 Å². The molecule has 0 bridgehead atoms. The normalized spacial score (nSPS) is 10.9. The van der Waals surface area contributed by atoms with E-state index < -0.39 is 0 Å². The molecule has 2 aromatic rings. The first-order valence-corrected chi connectivity index (χ1v) is 6.52. The fourth-order valence-corrected chi connectivity index (χ4v) is 2.10. The minimum atomic E-state index is 0. The molecule has 2 aromatic heterocycles. The van der Waals surface area contributed by atoms with E-state index in [9.17, 15) is 0 Å². The van der Waals surface area contributed by atoms with Crippen molar-refractivity contribution in [1.29, 1.82) is 0 Å². The van der Waals surface area contributed by atoms with Crippen LogP contribution in [0.15, 0.2) is 28.1 Å². The molecular formula is C11H17IN6S. The summed E-state index contributed by atoms with van der Waals surface area (Å²) in [5.41, 5.74) is 1.25. The van der Waals surface area contributed by atoms with Crippen molar-refractivity contribution in [3.05, 3.63) is 34.5 Å². The van der Waals surface area contributed by atoms with Crippen LogP contribution in [0.2, 0.25) is 0 Å². The zero-order chi connectivity index (χ0) is 12.8. The van der Waals surface area contributed by atoms with Gasteiger partial charge in [0.25, 0.3) is 0 Å². The molecule has 8 heteroatoms. The molecule has 0 fully saturated rings. The Bertz CT molecular complexity index is 507. The second-order valence-electron chi connectivity index (χ2n) is 3.77. The van der Waals surface area contributed by atoms with Crippen molar-refractivity contribution >= 4 is 41.3 Å². The van der Waals surface area contributed by atoms with Crippen LogP contribution < -0.4 is 10.6 Å². The van der Waals surface area contributed by atoms with E-state index in [0.29, 0.717) is 6.54 Å². The number of halogens is 1. The monoisotopic (exact) mass is 392 g/mol. The molecule has 0 amide bonds. The Morgan fingerprint density at radius 1 is 1.42 bits per heavy atom. The average molecular weight is 392 g/mol. The van der Waals surface area contributed by atoms with Gasteiger partial charge in [-0.3, -0.25) is 4.99 Å². The van der Waals surface area contributed by atoms with Gasteiger partial charge in [-0.15, -0.1) is 34.2 Å². The molecular weight excluding hydrogens is 375 g/mol. The minimum absolute atomic E-state index is 0. The van der Waals surface area contributed by atoms with Crippen molar-refractivity contribution in [2.75, 3.05) is 7.05 Å². The molecule has 0 spiro atoms. The Hall–Kier alpha value is -1.16. The van der Waals surface area contributed by atoms with Crippen LogP contribution in [0, 0.1) is 0 Å². The predicted molar refractivity (Wildman–Crippen MR) is 87.8 cm³/mol. The SMILES string of the molecule is CN=C(NCc1ccsc1)NCc1nncn1C.I. The topological polar surface area (TPSA) is 67.1 Å². The van der Waals surface area contributed by atoms with Gasteiger partial charge in [0.15, 0.2) is 11.8 Å². The third-order valence-electron chi connectivity index (χ3n) is 2.48. The fourth-order valence-electron chi connectivity index (χ4n) is 1.43. The molecule has 0 saturated carbocycles. The summed E-state index contributed by atoms with van der Waals surface area (Å²) in [6, 6.07) is 2.09. The maximum atomic E-state index is 4.16. The smallest absolute Gasteiger partial charge is 0.191 e. The summed E-state index contributed by atoms with van der Waals surface area (Å²) in [7, 11) is 3.66. The zero-order valence-electron chi connectivity index (χ0n) is 10.8. The Labute approximate surface area is 133 Å². The van der Waals surface area contributed by atoms with Gasteiger partial charge >= 0.3 is 0 Å². The summed E-state index contributed by atoms with van der Waals surface area (Å²) in [6.45, 7) is 1.36. The third-order valence-corrected chi connectivity index (χ3v) is 3.21. The molecule has 0 saturated heterocycles. The molecule has 104 valence electrons. The van der Waals surface area contributed by atoms with E-state index in [1.807, 2.05) is 11.6 Å². The Morgan fingerprint density at radius 3 is 2.79 bits per heavy atom. The van der Waals surface area contributed by atoms with Crippen molar-refractivity contribution in [2.45, 2.75) is 13.1 Å². The van der Waals surface area contributed by atoms with Crippen molar-refractivity contribution in [3.8, 4) is 0 Å². The summed E-state index contributed by atoms with van der Waals surface area (Å²) in [6.07, 6.45) is 1.68.